The molecular weight excluding hydrogens is 290 g/mol. The smallest absolute Gasteiger partial charge is 0.333 e. The molecule has 0 radical (unpaired) electrons. The number of aryl methyl sites for hydroxylation is 1. The molecule has 0 fully saturated rings. The maximum Gasteiger partial charge on any atom is 0.333 e. The first kappa shape index (κ1) is 15.0. The number of carbonyl (C=O) groups is 2. The van der Waals surface area contributed by atoms with Gasteiger partial charge in [-0.1, -0.05) is 41.7 Å². The van der Waals surface area contributed by atoms with Gasteiger partial charge in [-0.15, -0.1) is 0 Å². The zero-order valence-corrected chi connectivity index (χ0v) is 12.4. The predicted octanol–water partition coefficient (Wildman–Crippen LogP) is 1.68. The number of aromatic nitrogens is 1. The molecule has 1 amide bonds. The Morgan fingerprint density at radius 3 is 2.52 bits per heavy atom. The van der Waals surface area contributed by atoms with Crippen LogP contribution in [-0.4, -0.2) is 24.0 Å². The molecular formula is C14H15N3O3S. The second-order valence-corrected chi connectivity index (χ2v) is 5.34. The van der Waals surface area contributed by atoms with E-state index in [1.54, 1.807) is 31.2 Å². The van der Waals surface area contributed by atoms with Crippen molar-refractivity contribution in [1.82, 2.24) is 10.3 Å². The molecule has 2 aromatic rings. The minimum atomic E-state index is -0.869. The van der Waals surface area contributed by atoms with E-state index in [-0.39, 0.29) is 0 Å². The van der Waals surface area contributed by atoms with E-state index in [2.05, 4.69) is 10.3 Å². The molecule has 3 N–H and O–H groups in total. The Labute approximate surface area is 125 Å². The molecule has 2 rings (SSSR count). The highest BCUT2D eigenvalue weighted by atomic mass is 32.1. The average molecular weight is 305 g/mol. The highest BCUT2D eigenvalue weighted by Gasteiger charge is 2.25. The van der Waals surface area contributed by atoms with Crippen LogP contribution in [0.5, 0.6) is 0 Å². The third-order valence-electron chi connectivity index (χ3n) is 2.86. The summed E-state index contributed by atoms with van der Waals surface area (Å²) >= 11 is 1.08. The molecule has 6 nitrogen and oxygen atoms in total. The number of benzene rings is 1. The zero-order chi connectivity index (χ0) is 15.4. The van der Waals surface area contributed by atoms with Crippen molar-refractivity contribution in [3.63, 3.8) is 0 Å². The number of hydrogen-bond acceptors (Lipinski definition) is 6. The van der Waals surface area contributed by atoms with Crippen LogP contribution in [0.4, 0.5) is 5.13 Å². The Morgan fingerprint density at radius 1 is 1.33 bits per heavy atom. The van der Waals surface area contributed by atoms with E-state index in [1.165, 1.54) is 7.11 Å². The van der Waals surface area contributed by atoms with E-state index in [0.29, 0.717) is 21.3 Å². The third kappa shape index (κ3) is 3.38. The molecule has 7 heteroatoms. The fraction of sp³-hybridized carbons (Fsp3) is 0.214. The maximum absolute atomic E-state index is 12.3. The number of carbonyl (C=O) groups excluding carboxylic acids is 2. The molecule has 110 valence electrons. The fourth-order valence-corrected chi connectivity index (χ4v) is 2.60. The van der Waals surface area contributed by atoms with Gasteiger partial charge in [-0.2, -0.15) is 0 Å². The predicted molar refractivity (Wildman–Crippen MR) is 79.9 cm³/mol. The van der Waals surface area contributed by atoms with Crippen LogP contribution in [0.15, 0.2) is 30.3 Å². The van der Waals surface area contributed by atoms with Crippen molar-refractivity contribution in [2.75, 3.05) is 12.8 Å². The third-order valence-corrected chi connectivity index (χ3v) is 3.85. The first-order valence-electron chi connectivity index (χ1n) is 6.19. The lowest BCUT2D eigenvalue weighted by atomic mass is 10.1. The second kappa shape index (κ2) is 6.36. The van der Waals surface area contributed by atoms with E-state index in [1.807, 2.05) is 6.07 Å². The van der Waals surface area contributed by atoms with Gasteiger partial charge in [-0.3, -0.25) is 4.79 Å². The van der Waals surface area contributed by atoms with Crippen LogP contribution in [0.25, 0.3) is 0 Å². The summed E-state index contributed by atoms with van der Waals surface area (Å²) < 4.78 is 4.75. The van der Waals surface area contributed by atoms with Gasteiger partial charge in [0.15, 0.2) is 11.2 Å². The molecule has 0 aliphatic heterocycles. The first-order chi connectivity index (χ1) is 10.0. The van der Waals surface area contributed by atoms with Crippen molar-refractivity contribution in [1.29, 1.82) is 0 Å². The summed E-state index contributed by atoms with van der Waals surface area (Å²) in [5, 5.41) is 2.97. The number of rotatable bonds is 4. The van der Waals surface area contributed by atoms with E-state index in [0.717, 1.165) is 11.3 Å². The lowest BCUT2D eigenvalue weighted by Crippen LogP contribution is -2.34. The number of ether oxygens (including phenoxy) is 1. The van der Waals surface area contributed by atoms with E-state index < -0.39 is 17.9 Å². The van der Waals surface area contributed by atoms with Gasteiger partial charge in [0, 0.05) is 0 Å². The Balaban J connectivity index is 2.25. The molecule has 0 saturated carbocycles. The van der Waals surface area contributed by atoms with Crippen molar-refractivity contribution in [3.05, 3.63) is 46.5 Å². The van der Waals surface area contributed by atoms with Gasteiger partial charge in [0.25, 0.3) is 5.91 Å². The van der Waals surface area contributed by atoms with Gasteiger partial charge in [-0.25, -0.2) is 9.78 Å². The summed E-state index contributed by atoms with van der Waals surface area (Å²) in [5.74, 6) is -0.939. The molecule has 1 heterocycles. The fourth-order valence-electron chi connectivity index (χ4n) is 1.87. The van der Waals surface area contributed by atoms with Crippen LogP contribution < -0.4 is 11.1 Å². The largest absolute Gasteiger partial charge is 0.467 e. The number of esters is 1. The summed E-state index contributed by atoms with van der Waals surface area (Å²) in [6.07, 6.45) is 0. The minimum Gasteiger partial charge on any atom is -0.467 e. The molecule has 1 aromatic heterocycles. The molecule has 0 bridgehead atoms. The lowest BCUT2D eigenvalue weighted by Gasteiger charge is -2.16. The Kier molecular flexibility index (Phi) is 4.54. The van der Waals surface area contributed by atoms with Crippen molar-refractivity contribution in [2.24, 2.45) is 0 Å². The normalized spacial score (nSPS) is 11.7. The van der Waals surface area contributed by atoms with Crippen LogP contribution >= 0.6 is 11.3 Å². The zero-order valence-electron chi connectivity index (χ0n) is 11.6. The molecule has 0 spiro atoms. The van der Waals surface area contributed by atoms with E-state index in [4.69, 9.17) is 10.5 Å². The van der Waals surface area contributed by atoms with Crippen molar-refractivity contribution >= 4 is 28.3 Å². The topological polar surface area (TPSA) is 94.3 Å². The highest BCUT2D eigenvalue weighted by molar-refractivity contribution is 7.17. The number of nitrogens with two attached hydrogens (primary N) is 1. The summed E-state index contributed by atoms with van der Waals surface area (Å²) in [6.45, 7) is 1.69. The number of hydrogen-bond donors (Lipinski definition) is 2. The number of nitrogens with zero attached hydrogens (tertiary/aromatic N) is 1. The Morgan fingerprint density at radius 2 is 2.00 bits per heavy atom. The number of thiazole rings is 1. The molecule has 1 aromatic carbocycles. The SMILES string of the molecule is COC(=O)C(NC(=O)c1sc(N)nc1C)c1ccccc1. The van der Waals surface area contributed by atoms with Gasteiger partial charge >= 0.3 is 5.97 Å². The number of nitrogen functional groups attached to an aromatic ring is 1. The van der Waals surface area contributed by atoms with Crippen LogP contribution in [-0.2, 0) is 9.53 Å². The van der Waals surface area contributed by atoms with Crippen molar-refractivity contribution in [3.8, 4) is 0 Å². The lowest BCUT2D eigenvalue weighted by molar-refractivity contribution is -0.143. The number of anilines is 1. The first-order valence-corrected chi connectivity index (χ1v) is 7.01. The van der Waals surface area contributed by atoms with Crippen LogP contribution in [0.1, 0.15) is 27.0 Å². The quantitative estimate of drug-likeness (QED) is 0.838. The van der Waals surface area contributed by atoms with Gasteiger partial charge < -0.3 is 15.8 Å². The maximum atomic E-state index is 12.3. The van der Waals surface area contributed by atoms with Gasteiger partial charge in [0.05, 0.1) is 12.8 Å². The van der Waals surface area contributed by atoms with Crippen molar-refractivity contribution < 1.29 is 14.3 Å². The summed E-state index contributed by atoms with van der Waals surface area (Å²) in [5.41, 5.74) is 6.76. The molecule has 1 atom stereocenters. The monoisotopic (exact) mass is 305 g/mol. The van der Waals surface area contributed by atoms with Crippen LogP contribution in [0.2, 0.25) is 0 Å². The summed E-state index contributed by atoms with van der Waals surface area (Å²) in [6, 6.07) is 8.02. The molecule has 21 heavy (non-hydrogen) atoms. The number of methoxy groups -OCH3 is 1. The molecule has 1 unspecified atom stereocenters. The summed E-state index contributed by atoms with van der Waals surface area (Å²) in [7, 11) is 1.28. The van der Waals surface area contributed by atoms with E-state index >= 15 is 0 Å². The Hall–Kier alpha value is -2.41. The van der Waals surface area contributed by atoms with Crippen LogP contribution in [0, 0.1) is 6.92 Å². The van der Waals surface area contributed by atoms with Crippen LogP contribution in [0.3, 0.4) is 0 Å². The van der Waals surface area contributed by atoms with Gasteiger partial charge in [0.2, 0.25) is 0 Å². The Bertz CT molecular complexity index is 655. The standard InChI is InChI=1S/C14H15N3O3S/c1-8-11(21-14(15)16-8)12(18)17-10(13(19)20-2)9-6-4-3-5-7-9/h3-7,10H,1-2H3,(H2,15,16)(H,17,18). The molecule has 0 aliphatic rings. The number of amides is 1. The highest BCUT2D eigenvalue weighted by Crippen LogP contribution is 2.21. The minimum absolute atomic E-state index is 0.312. The molecule has 0 saturated heterocycles. The average Bonchev–Trinajstić information content (AvgIpc) is 2.83. The van der Waals surface area contributed by atoms with Gasteiger partial charge in [-0.05, 0) is 12.5 Å². The van der Waals surface area contributed by atoms with Gasteiger partial charge in [0.1, 0.15) is 4.88 Å². The molecule has 0 aliphatic carbocycles. The van der Waals surface area contributed by atoms with Crippen molar-refractivity contribution in [2.45, 2.75) is 13.0 Å². The second-order valence-electron chi connectivity index (χ2n) is 4.31. The number of nitrogens with one attached hydrogen (secondary N) is 1. The van der Waals surface area contributed by atoms with E-state index in [9.17, 15) is 9.59 Å². The summed E-state index contributed by atoms with van der Waals surface area (Å²) in [4.78, 5) is 28.6.